The second kappa shape index (κ2) is 6.20. The average molecular weight is 342 g/mol. The predicted molar refractivity (Wildman–Crippen MR) is 94.5 cm³/mol. The highest BCUT2D eigenvalue weighted by Gasteiger charge is 2.51. The number of carbonyl (C=O) groups excluding carboxylic acids is 1. The number of carbonyl (C=O) groups is 1. The fraction of sp³-hybridized carbons (Fsp3) is 0.944. The molecule has 1 atom stereocenters. The standard InChI is InChI=1S/C18H31N3O.ClH/c1-17(11-19)2-3-21(12-17)10-16(22)20-18-7-13-4-14(8-18)6-15(5-13)9-18;/h13-15H,2-12,19H2,1H3,(H,20,22);1H. The molecule has 1 heterocycles. The van der Waals surface area contributed by atoms with Gasteiger partial charge in [0, 0.05) is 12.1 Å². The Balaban J connectivity index is 0.00000156. The van der Waals surface area contributed by atoms with Crippen molar-refractivity contribution in [2.45, 2.75) is 57.4 Å². The highest BCUT2D eigenvalue weighted by molar-refractivity contribution is 5.85. The highest BCUT2D eigenvalue weighted by Crippen LogP contribution is 2.55. The Kier molecular flexibility index (Phi) is 4.72. The van der Waals surface area contributed by atoms with Crippen LogP contribution in [0.5, 0.6) is 0 Å². The Morgan fingerprint density at radius 1 is 1.17 bits per heavy atom. The smallest absolute Gasteiger partial charge is 0.234 e. The second-order valence-electron chi connectivity index (χ2n) is 9.22. The summed E-state index contributed by atoms with van der Waals surface area (Å²) in [5.74, 6) is 2.92. The van der Waals surface area contributed by atoms with E-state index in [1.165, 1.54) is 38.5 Å². The number of nitrogens with one attached hydrogen (secondary N) is 1. The molecule has 4 bridgehead atoms. The molecule has 5 heteroatoms. The predicted octanol–water partition coefficient (Wildman–Crippen LogP) is 2.16. The zero-order chi connectivity index (χ0) is 15.4. The topological polar surface area (TPSA) is 58.4 Å². The lowest BCUT2D eigenvalue weighted by Gasteiger charge is -2.57. The van der Waals surface area contributed by atoms with Gasteiger partial charge in [-0.2, -0.15) is 0 Å². The molecule has 0 aromatic heterocycles. The van der Waals surface area contributed by atoms with Crippen LogP contribution in [0.4, 0.5) is 0 Å². The number of halogens is 1. The van der Waals surface area contributed by atoms with Gasteiger partial charge in [0.1, 0.15) is 0 Å². The van der Waals surface area contributed by atoms with Crippen LogP contribution in [0.25, 0.3) is 0 Å². The van der Waals surface area contributed by atoms with Crippen LogP contribution in [0.2, 0.25) is 0 Å². The third-order valence-corrected chi connectivity index (χ3v) is 6.94. The first-order chi connectivity index (χ1) is 10.5. The lowest BCUT2D eigenvalue weighted by molar-refractivity contribution is -0.127. The fourth-order valence-corrected chi connectivity index (χ4v) is 6.23. The van der Waals surface area contributed by atoms with Crippen LogP contribution in [0.15, 0.2) is 0 Å². The number of nitrogens with zero attached hydrogens (tertiary/aromatic N) is 1. The third-order valence-electron chi connectivity index (χ3n) is 6.94. The van der Waals surface area contributed by atoms with E-state index in [9.17, 15) is 4.79 Å². The summed E-state index contributed by atoms with van der Waals surface area (Å²) >= 11 is 0. The molecule has 0 aromatic carbocycles. The van der Waals surface area contributed by atoms with E-state index in [0.717, 1.165) is 43.8 Å². The minimum Gasteiger partial charge on any atom is -0.350 e. The van der Waals surface area contributed by atoms with Crippen molar-refractivity contribution in [2.24, 2.45) is 28.9 Å². The molecule has 0 aromatic rings. The molecule has 4 nitrogen and oxygen atoms in total. The van der Waals surface area contributed by atoms with Crippen molar-refractivity contribution in [2.75, 3.05) is 26.2 Å². The molecule has 1 unspecified atom stereocenters. The number of nitrogens with two attached hydrogens (primary N) is 1. The van der Waals surface area contributed by atoms with E-state index in [2.05, 4.69) is 17.1 Å². The van der Waals surface area contributed by atoms with Gasteiger partial charge in [-0.3, -0.25) is 9.69 Å². The van der Waals surface area contributed by atoms with Gasteiger partial charge in [0.05, 0.1) is 6.54 Å². The minimum atomic E-state index is 0. The number of hydrogen-bond donors (Lipinski definition) is 2. The average Bonchev–Trinajstić information content (AvgIpc) is 2.78. The number of amides is 1. The van der Waals surface area contributed by atoms with E-state index in [4.69, 9.17) is 5.73 Å². The van der Waals surface area contributed by atoms with Crippen molar-refractivity contribution in [1.29, 1.82) is 0 Å². The second-order valence-corrected chi connectivity index (χ2v) is 9.22. The molecule has 23 heavy (non-hydrogen) atoms. The van der Waals surface area contributed by atoms with Gasteiger partial charge in [-0.1, -0.05) is 6.92 Å². The van der Waals surface area contributed by atoms with E-state index >= 15 is 0 Å². The van der Waals surface area contributed by atoms with Gasteiger partial charge in [-0.15, -0.1) is 12.4 Å². The summed E-state index contributed by atoms with van der Waals surface area (Å²) in [6, 6.07) is 0. The summed E-state index contributed by atoms with van der Waals surface area (Å²) in [7, 11) is 0. The van der Waals surface area contributed by atoms with E-state index < -0.39 is 0 Å². The van der Waals surface area contributed by atoms with E-state index in [1.54, 1.807) is 0 Å². The monoisotopic (exact) mass is 341 g/mol. The van der Waals surface area contributed by atoms with Gasteiger partial charge in [-0.25, -0.2) is 0 Å². The van der Waals surface area contributed by atoms with Crippen LogP contribution in [0, 0.1) is 23.2 Å². The summed E-state index contributed by atoms with van der Waals surface area (Å²) in [6.45, 7) is 5.52. The van der Waals surface area contributed by atoms with Crippen LogP contribution in [-0.4, -0.2) is 42.5 Å². The number of likely N-dealkylation sites (tertiary alicyclic amines) is 1. The number of rotatable bonds is 4. The maximum Gasteiger partial charge on any atom is 0.234 e. The molecule has 0 radical (unpaired) electrons. The van der Waals surface area contributed by atoms with Crippen molar-refractivity contribution in [1.82, 2.24) is 10.2 Å². The van der Waals surface area contributed by atoms with E-state index in [-0.39, 0.29) is 29.3 Å². The first-order valence-electron chi connectivity index (χ1n) is 9.21. The molecule has 5 aliphatic rings. The molecule has 5 fully saturated rings. The van der Waals surface area contributed by atoms with Gasteiger partial charge in [0.15, 0.2) is 0 Å². The Bertz CT molecular complexity index is 434. The fourth-order valence-electron chi connectivity index (χ4n) is 6.23. The molecular weight excluding hydrogens is 310 g/mol. The normalized spacial score (nSPS) is 45.0. The molecule has 5 rings (SSSR count). The van der Waals surface area contributed by atoms with E-state index in [0.29, 0.717) is 6.54 Å². The molecule has 1 aliphatic heterocycles. The highest BCUT2D eigenvalue weighted by atomic mass is 35.5. The Labute approximate surface area is 146 Å². The van der Waals surface area contributed by atoms with Crippen molar-refractivity contribution in [3.05, 3.63) is 0 Å². The Hall–Kier alpha value is -0.320. The largest absolute Gasteiger partial charge is 0.350 e. The van der Waals surface area contributed by atoms with Gasteiger partial charge >= 0.3 is 0 Å². The SMILES string of the molecule is CC1(CN)CCN(CC(=O)NC23CC4CC(CC(C4)C2)C3)C1.Cl. The zero-order valence-corrected chi connectivity index (χ0v) is 15.2. The van der Waals surface area contributed by atoms with Gasteiger partial charge in [0.25, 0.3) is 0 Å². The van der Waals surface area contributed by atoms with Crippen LogP contribution in [0.1, 0.15) is 51.9 Å². The molecular formula is C18H32ClN3O. The van der Waals surface area contributed by atoms with Crippen molar-refractivity contribution in [3.8, 4) is 0 Å². The Morgan fingerprint density at radius 2 is 1.74 bits per heavy atom. The first kappa shape index (κ1) is 17.5. The van der Waals surface area contributed by atoms with Gasteiger partial charge in [0.2, 0.25) is 5.91 Å². The lowest BCUT2D eigenvalue weighted by atomic mass is 9.53. The van der Waals surface area contributed by atoms with Crippen LogP contribution in [0.3, 0.4) is 0 Å². The summed E-state index contributed by atoms with van der Waals surface area (Å²) in [4.78, 5) is 14.9. The quantitative estimate of drug-likeness (QED) is 0.823. The summed E-state index contributed by atoms with van der Waals surface area (Å²) in [6.07, 6.45) is 9.12. The molecule has 132 valence electrons. The third kappa shape index (κ3) is 3.40. The first-order valence-corrected chi connectivity index (χ1v) is 9.21. The maximum atomic E-state index is 12.6. The van der Waals surface area contributed by atoms with E-state index in [1.807, 2.05) is 0 Å². The van der Waals surface area contributed by atoms with Crippen LogP contribution in [-0.2, 0) is 4.79 Å². The zero-order valence-electron chi connectivity index (χ0n) is 14.4. The number of hydrogen-bond acceptors (Lipinski definition) is 3. The van der Waals surface area contributed by atoms with Crippen molar-refractivity contribution in [3.63, 3.8) is 0 Å². The molecule has 0 spiro atoms. The molecule has 4 aliphatic carbocycles. The summed E-state index contributed by atoms with van der Waals surface area (Å²) in [5.41, 5.74) is 6.23. The lowest BCUT2D eigenvalue weighted by Crippen LogP contribution is -2.60. The van der Waals surface area contributed by atoms with Crippen molar-refractivity contribution < 1.29 is 4.79 Å². The maximum absolute atomic E-state index is 12.6. The van der Waals surface area contributed by atoms with Crippen LogP contribution >= 0.6 is 12.4 Å². The molecule has 3 N–H and O–H groups in total. The van der Waals surface area contributed by atoms with Gasteiger partial charge < -0.3 is 11.1 Å². The molecule has 1 amide bonds. The molecule has 1 saturated heterocycles. The summed E-state index contributed by atoms with van der Waals surface area (Å²) in [5, 5.41) is 3.48. The van der Waals surface area contributed by atoms with Crippen LogP contribution < -0.4 is 11.1 Å². The molecule has 4 saturated carbocycles. The Morgan fingerprint density at radius 3 is 2.22 bits per heavy atom. The van der Waals surface area contributed by atoms with Gasteiger partial charge in [-0.05, 0) is 81.2 Å². The minimum absolute atomic E-state index is 0. The summed E-state index contributed by atoms with van der Waals surface area (Å²) < 4.78 is 0. The van der Waals surface area contributed by atoms with Crippen molar-refractivity contribution >= 4 is 18.3 Å².